The van der Waals surface area contributed by atoms with Crippen molar-refractivity contribution in [3.8, 4) is 0 Å². The second kappa shape index (κ2) is 5.56. The van der Waals surface area contributed by atoms with Crippen LogP contribution < -0.4 is 0 Å². The predicted octanol–water partition coefficient (Wildman–Crippen LogP) is 2.97. The summed E-state index contributed by atoms with van der Waals surface area (Å²) in [5.41, 5.74) is 0. The van der Waals surface area contributed by atoms with Gasteiger partial charge >= 0.3 is 63.6 Å². The zero-order valence-electron chi connectivity index (χ0n) is 3.63. The molecule has 0 saturated heterocycles. The van der Waals surface area contributed by atoms with Crippen LogP contribution in [0.3, 0.4) is 0 Å². The Hall–Kier alpha value is 1.43. The zero-order valence-corrected chi connectivity index (χ0v) is 8.13. The van der Waals surface area contributed by atoms with Crippen molar-refractivity contribution in [3.05, 3.63) is 0 Å². The molecule has 7 heavy (non-hydrogen) atoms. The molecule has 0 aliphatic heterocycles. The van der Waals surface area contributed by atoms with Crippen molar-refractivity contribution in [3.63, 3.8) is 0 Å². The van der Waals surface area contributed by atoms with E-state index >= 15 is 0 Å². The fraction of sp³-hybridized carbons (Fsp3) is 1.00. The van der Waals surface area contributed by atoms with Crippen molar-refractivity contribution in [2.24, 2.45) is 0 Å². The van der Waals surface area contributed by atoms with Gasteiger partial charge in [0.05, 0.1) is 0 Å². The van der Waals surface area contributed by atoms with E-state index in [4.69, 9.17) is 11.6 Å². The summed E-state index contributed by atoms with van der Waals surface area (Å²) in [6, 6.07) is 0. The third-order valence-corrected chi connectivity index (χ3v) is 8.81. The van der Waals surface area contributed by atoms with Crippen LogP contribution in [0.5, 0.6) is 0 Å². The van der Waals surface area contributed by atoms with Crippen molar-refractivity contribution in [1.29, 1.82) is 0 Å². The molecule has 0 aliphatic carbocycles. The molecule has 0 aliphatic rings. The first kappa shape index (κ1) is 8.43. The third kappa shape index (κ3) is 3.97. The van der Waals surface area contributed by atoms with Crippen molar-refractivity contribution in [2.75, 3.05) is 11.9 Å². The van der Waals surface area contributed by atoms with Crippen molar-refractivity contribution >= 4 is 47.4 Å². The van der Waals surface area contributed by atoms with E-state index in [9.17, 15) is 4.39 Å². The molecule has 4 heteroatoms. The van der Waals surface area contributed by atoms with Crippen LogP contribution in [0.1, 0.15) is 0 Å². The van der Waals surface area contributed by atoms with E-state index in [-0.39, 0.29) is 4.68 Å². The molecule has 0 amide bonds. The molecule has 0 unspecified atom stereocenters. The molecule has 0 fully saturated rings. The maximum absolute atomic E-state index is 11.6. The van der Waals surface area contributed by atoms with Gasteiger partial charge in [-0.25, -0.2) is 0 Å². The summed E-state index contributed by atoms with van der Waals surface area (Å²) in [5, 5.41) is 0. The van der Waals surface area contributed by atoms with E-state index in [1.54, 1.807) is 0 Å². The van der Waals surface area contributed by atoms with Crippen LogP contribution in [0.15, 0.2) is 0 Å². The van der Waals surface area contributed by atoms with E-state index in [1.165, 1.54) is 0 Å². The van der Waals surface area contributed by atoms with Crippen LogP contribution in [-0.4, -0.2) is 11.9 Å². The fourth-order valence-electron chi connectivity index (χ4n) is 0.0810. The molecule has 0 rings (SSSR count). The molecule has 0 bridgehead atoms. The maximum atomic E-state index is 11.6. The summed E-state index contributed by atoms with van der Waals surface area (Å²) in [5.74, 6) is 0. The predicted molar refractivity (Wildman–Crippen MR) is 44.5 cm³/mol. The van der Waals surface area contributed by atoms with Gasteiger partial charge in [0.2, 0.25) is 0 Å². The second-order valence-electron chi connectivity index (χ2n) is 0.870. The quantitative estimate of drug-likeness (QED) is 0.555. The molecule has 0 atom stereocenters. The molecule has 46 valence electrons. The summed E-state index contributed by atoms with van der Waals surface area (Å²) in [6.45, 7) is 0. The minimum absolute atomic E-state index is 0.168. The molecule has 0 saturated carbocycles. The molecule has 0 nitrogen and oxygen atoms in total. The Bertz CT molecular complexity index is 36.4. The van der Waals surface area contributed by atoms with Crippen LogP contribution in [-0.2, 0) is 0 Å². The summed E-state index contributed by atoms with van der Waals surface area (Å²) in [7, 11) is 0. The Morgan fingerprint density at radius 1 is 1.71 bits per heavy atom. The van der Waals surface area contributed by atoms with Gasteiger partial charge in [0.25, 0.3) is 0 Å². The van der Waals surface area contributed by atoms with Crippen LogP contribution in [0, 0.1) is 0 Å². The normalized spacial score (nSPS) is 11.6. The average Bonchev–Trinajstić information content (AvgIpc) is 1.72. The van der Waals surface area contributed by atoms with Crippen molar-refractivity contribution < 1.29 is 4.39 Å². The van der Waals surface area contributed by atoms with Gasteiger partial charge in [0.15, 0.2) is 0 Å². The summed E-state index contributed by atoms with van der Waals surface area (Å²) >= 11 is 7.24. The van der Waals surface area contributed by atoms with E-state index in [0.29, 0.717) is 3.89 Å². The van der Waals surface area contributed by atoms with Gasteiger partial charge < -0.3 is 0 Å². The number of hydrogen-bond acceptors (Lipinski definition) is 0. The van der Waals surface area contributed by atoms with Gasteiger partial charge in [0.1, 0.15) is 0 Å². The van der Waals surface area contributed by atoms with E-state index in [0.717, 1.165) is 3.34 Å². The number of alkyl halides is 6. The number of hydrogen-bond donors (Lipinski definition) is 0. The number of rotatable bonds is 3. The molecular formula is C3H6BrClFI. The van der Waals surface area contributed by atoms with Gasteiger partial charge in [-0.05, 0) is 0 Å². The topological polar surface area (TPSA) is 0 Å². The Labute approximate surface area is 63.3 Å². The molecule has 0 spiro atoms. The molecule has 0 N–H and O–H groups in total. The van der Waals surface area contributed by atoms with Crippen LogP contribution in [0.4, 0.5) is 4.39 Å². The van der Waals surface area contributed by atoms with Gasteiger partial charge in [0, 0.05) is 0 Å². The van der Waals surface area contributed by atoms with Gasteiger partial charge in [-0.15, -0.1) is 0 Å². The zero-order chi connectivity index (χ0) is 5.70. The molecule has 0 radical (unpaired) electrons. The Kier molecular flexibility index (Phi) is 6.70. The Morgan fingerprint density at radius 2 is 2.29 bits per heavy atom. The van der Waals surface area contributed by atoms with Crippen molar-refractivity contribution in [1.82, 2.24) is 0 Å². The minimum atomic E-state index is -1.30. The first-order valence-electron chi connectivity index (χ1n) is 1.60. The standard InChI is InChI=1S/C3H6BrClFI/c4-1-7(2-5)3-6/h1-3H2. The third-order valence-electron chi connectivity index (χ3n) is 0.429. The first-order chi connectivity index (χ1) is 3.35. The van der Waals surface area contributed by atoms with E-state index < -0.39 is 19.8 Å². The average molecular weight is 303 g/mol. The molecule has 0 aromatic carbocycles. The van der Waals surface area contributed by atoms with Gasteiger partial charge in [-0.3, -0.25) is 0 Å². The van der Waals surface area contributed by atoms with E-state index in [2.05, 4.69) is 15.9 Å². The fourth-order valence-corrected chi connectivity index (χ4v) is 4.31. The van der Waals surface area contributed by atoms with Crippen LogP contribution in [0.2, 0.25) is 0 Å². The first-order valence-corrected chi connectivity index (χ1v) is 7.84. The van der Waals surface area contributed by atoms with Gasteiger partial charge in [-0.2, -0.15) is 0 Å². The second-order valence-corrected chi connectivity index (χ2v) is 10.0. The van der Waals surface area contributed by atoms with Crippen LogP contribution >= 0.6 is 47.4 Å². The summed E-state index contributed by atoms with van der Waals surface area (Å²) in [6.07, 6.45) is 0. The van der Waals surface area contributed by atoms with E-state index in [1.807, 2.05) is 0 Å². The molecular weight excluding hydrogens is 297 g/mol. The summed E-state index contributed by atoms with van der Waals surface area (Å²) < 4.78 is 12.8. The summed E-state index contributed by atoms with van der Waals surface area (Å²) in [4.78, 5) is 0. The molecule has 0 aromatic rings. The van der Waals surface area contributed by atoms with Crippen molar-refractivity contribution in [2.45, 2.75) is 0 Å². The van der Waals surface area contributed by atoms with Gasteiger partial charge in [-0.1, -0.05) is 0 Å². The van der Waals surface area contributed by atoms with Crippen LogP contribution in [0.25, 0.3) is 0 Å². The Balaban J connectivity index is 2.99. The Morgan fingerprint density at radius 3 is 2.29 bits per heavy atom. The molecule has 0 heterocycles. The SMILES string of the molecule is FCI(CCl)CBr. The molecule has 0 aromatic heterocycles. The number of halogens is 4. The monoisotopic (exact) mass is 302 g/mol.